The molecule has 2 N–H and O–H groups in total. The van der Waals surface area contributed by atoms with Crippen LogP contribution in [0.3, 0.4) is 0 Å². The summed E-state index contributed by atoms with van der Waals surface area (Å²) >= 11 is 0. The van der Waals surface area contributed by atoms with E-state index in [9.17, 15) is 0 Å². The fourth-order valence-electron chi connectivity index (χ4n) is 3.67. The number of hydrogen-bond donors (Lipinski definition) is 2. The molecule has 1 fully saturated rings. The van der Waals surface area contributed by atoms with Gasteiger partial charge in [-0.3, -0.25) is 5.10 Å². The highest BCUT2D eigenvalue weighted by atomic mass is 15.2. The monoisotopic (exact) mass is 280 g/mol. The molecule has 3 atom stereocenters. The van der Waals surface area contributed by atoms with Crippen LogP contribution in [0.5, 0.6) is 0 Å². The number of benzene rings is 1. The van der Waals surface area contributed by atoms with Crippen molar-refractivity contribution in [2.75, 3.05) is 11.9 Å². The van der Waals surface area contributed by atoms with E-state index in [1.165, 1.54) is 12.8 Å². The highest BCUT2D eigenvalue weighted by molar-refractivity contribution is 5.73. The summed E-state index contributed by atoms with van der Waals surface area (Å²) in [4.78, 5) is 4.44. The lowest BCUT2D eigenvalue weighted by atomic mass is 9.93. The second-order valence-electron chi connectivity index (χ2n) is 6.21. The average molecular weight is 280 g/mol. The number of nitrogens with one attached hydrogen (secondary N) is 2. The van der Waals surface area contributed by atoms with Crippen LogP contribution in [0.25, 0.3) is 11.4 Å². The summed E-state index contributed by atoms with van der Waals surface area (Å²) in [5, 5.41) is 10.8. The van der Waals surface area contributed by atoms with Crippen LogP contribution in [0.1, 0.15) is 18.7 Å². The van der Waals surface area contributed by atoms with Gasteiger partial charge in [-0.25, -0.2) is 4.98 Å². The lowest BCUT2D eigenvalue weighted by Gasteiger charge is -2.20. The number of hydrogen-bond acceptors (Lipinski definition) is 3. The second-order valence-corrected chi connectivity index (χ2v) is 6.21. The Bertz CT molecular complexity index is 673. The molecule has 4 heteroatoms. The van der Waals surface area contributed by atoms with Crippen LogP contribution in [0.15, 0.2) is 36.4 Å². The van der Waals surface area contributed by atoms with Gasteiger partial charge >= 0.3 is 0 Å². The molecule has 0 radical (unpaired) electrons. The molecule has 3 unspecified atom stereocenters. The summed E-state index contributed by atoms with van der Waals surface area (Å²) in [6.45, 7) is 2.96. The molecule has 1 heterocycles. The van der Waals surface area contributed by atoms with Gasteiger partial charge in [0.2, 0.25) is 0 Å². The molecule has 108 valence electrons. The van der Waals surface area contributed by atoms with E-state index < -0.39 is 0 Å². The average Bonchev–Trinajstić information content (AvgIpc) is 3.22. The zero-order valence-electron chi connectivity index (χ0n) is 12.2. The number of anilines is 1. The Morgan fingerprint density at radius 2 is 2.14 bits per heavy atom. The van der Waals surface area contributed by atoms with Crippen molar-refractivity contribution < 1.29 is 0 Å². The molecule has 2 aliphatic rings. The first-order valence-electron chi connectivity index (χ1n) is 7.70. The first kappa shape index (κ1) is 12.6. The molecule has 2 bridgehead atoms. The first-order valence-corrected chi connectivity index (χ1v) is 7.70. The van der Waals surface area contributed by atoms with Gasteiger partial charge in [-0.15, -0.1) is 0 Å². The third-order valence-corrected chi connectivity index (χ3v) is 4.74. The van der Waals surface area contributed by atoms with Crippen molar-refractivity contribution in [3.8, 4) is 11.4 Å². The van der Waals surface area contributed by atoms with E-state index in [1.807, 2.05) is 13.0 Å². The summed E-state index contributed by atoms with van der Waals surface area (Å²) < 4.78 is 0. The number of aryl methyl sites for hydroxylation is 1. The second kappa shape index (κ2) is 5.02. The third-order valence-electron chi connectivity index (χ3n) is 4.74. The van der Waals surface area contributed by atoms with Gasteiger partial charge in [-0.2, -0.15) is 5.10 Å². The van der Waals surface area contributed by atoms with E-state index >= 15 is 0 Å². The number of rotatable bonds is 4. The highest BCUT2D eigenvalue weighted by Crippen LogP contribution is 2.43. The van der Waals surface area contributed by atoms with Crippen LogP contribution >= 0.6 is 0 Å². The van der Waals surface area contributed by atoms with Crippen molar-refractivity contribution in [1.82, 2.24) is 15.2 Å². The normalized spacial score (nSPS) is 26.4. The van der Waals surface area contributed by atoms with Gasteiger partial charge in [0, 0.05) is 17.8 Å². The molecule has 2 aliphatic carbocycles. The topological polar surface area (TPSA) is 53.6 Å². The van der Waals surface area contributed by atoms with Crippen molar-refractivity contribution >= 4 is 5.69 Å². The number of aromatic nitrogens is 3. The van der Waals surface area contributed by atoms with Gasteiger partial charge in [0.05, 0.1) is 0 Å². The number of para-hydroxylation sites is 1. The molecule has 1 saturated carbocycles. The Morgan fingerprint density at radius 3 is 2.86 bits per heavy atom. The van der Waals surface area contributed by atoms with Crippen molar-refractivity contribution in [2.45, 2.75) is 19.8 Å². The van der Waals surface area contributed by atoms with Gasteiger partial charge in [0.25, 0.3) is 0 Å². The summed E-state index contributed by atoms with van der Waals surface area (Å²) in [5.74, 6) is 3.98. The van der Waals surface area contributed by atoms with E-state index in [0.717, 1.165) is 47.2 Å². The molecule has 21 heavy (non-hydrogen) atoms. The molecule has 0 amide bonds. The molecule has 4 nitrogen and oxygen atoms in total. The molecular weight excluding hydrogens is 260 g/mol. The standard InChI is InChI=1S/C17H20N4/c1-11-19-17(21-20-11)15-4-2-3-5-16(15)18-10-14-9-12-6-7-13(14)8-12/h2-7,12-14,18H,8-10H2,1H3,(H,19,20,21). The van der Waals surface area contributed by atoms with E-state index in [0.29, 0.717) is 0 Å². The Labute approximate surface area is 124 Å². The summed E-state index contributed by atoms with van der Waals surface area (Å²) in [6, 6.07) is 8.29. The van der Waals surface area contributed by atoms with Crippen molar-refractivity contribution in [3.63, 3.8) is 0 Å². The van der Waals surface area contributed by atoms with E-state index in [2.05, 4.69) is 50.8 Å². The van der Waals surface area contributed by atoms with E-state index in [4.69, 9.17) is 0 Å². The van der Waals surface area contributed by atoms with Gasteiger partial charge in [-0.05, 0) is 49.7 Å². The number of allylic oxidation sites excluding steroid dienone is 2. The molecular formula is C17H20N4. The van der Waals surface area contributed by atoms with Gasteiger partial charge in [-0.1, -0.05) is 24.3 Å². The summed E-state index contributed by atoms with van der Waals surface area (Å²) in [5.41, 5.74) is 2.20. The van der Waals surface area contributed by atoms with Crippen LogP contribution in [-0.2, 0) is 0 Å². The lowest BCUT2D eigenvalue weighted by molar-refractivity contribution is 0.472. The number of H-pyrrole nitrogens is 1. The maximum Gasteiger partial charge on any atom is 0.183 e. The molecule has 1 aromatic heterocycles. The summed E-state index contributed by atoms with van der Waals surface area (Å²) in [6.07, 6.45) is 7.49. The molecule has 0 spiro atoms. The maximum absolute atomic E-state index is 4.44. The predicted octanol–water partition coefficient (Wildman–Crippen LogP) is 3.40. The van der Waals surface area contributed by atoms with Crippen LogP contribution in [0.2, 0.25) is 0 Å². The van der Waals surface area contributed by atoms with Crippen LogP contribution in [0, 0.1) is 24.7 Å². The highest BCUT2D eigenvalue weighted by Gasteiger charge is 2.35. The number of fused-ring (bicyclic) bond motifs is 2. The Hall–Kier alpha value is -2.10. The predicted molar refractivity (Wildman–Crippen MR) is 83.9 cm³/mol. The zero-order chi connectivity index (χ0) is 14.2. The SMILES string of the molecule is Cc1nc(-c2ccccc2NCC2CC3C=CC2C3)n[nH]1. The molecule has 0 saturated heterocycles. The largest absolute Gasteiger partial charge is 0.384 e. The van der Waals surface area contributed by atoms with Crippen molar-refractivity contribution in [3.05, 3.63) is 42.2 Å². The van der Waals surface area contributed by atoms with E-state index in [-0.39, 0.29) is 0 Å². The van der Waals surface area contributed by atoms with E-state index in [1.54, 1.807) is 0 Å². The fourth-order valence-corrected chi connectivity index (χ4v) is 3.67. The Morgan fingerprint density at radius 1 is 1.24 bits per heavy atom. The zero-order valence-corrected chi connectivity index (χ0v) is 12.2. The molecule has 0 aliphatic heterocycles. The fraction of sp³-hybridized carbons (Fsp3) is 0.412. The minimum Gasteiger partial charge on any atom is -0.384 e. The minimum atomic E-state index is 0.766. The van der Waals surface area contributed by atoms with Gasteiger partial charge in [0.1, 0.15) is 5.82 Å². The molecule has 4 rings (SSSR count). The van der Waals surface area contributed by atoms with Crippen LogP contribution < -0.4 is 5.32 Å². The Balaban J connectivity index is 1.51. The lowest BCUT2D eigenvalue weighted by Crippen LogP contribution is -2.18. The number of nitrogens with zero attached hydrogens (tertiary/aromatic N) is 2. The first-order chi connectivity index (χ1) is 10.3. The van der Waals surface area contributed by atoms with Gasteiger partial charge in [0.15, 0.2) is 5.82 Å². The van der Waals surface area contributed by atoms with Gasteiger partial charge < -0.3 is 5.32 Å². The van der Waals surface area contributed by atoms with Crippen LogP contribution in [0.4, 0.5) is 5.69 Å². The smallest absolute Gasteiger partial charge is 0.183 e. The maximum atomic E-state index is 4.44. The number of aromatic amines is 1. The molecule has 2 aromatic rings. The van der Waals surface area contributed by atoms with Crippen molar-refractivity contribution in [1.29, 1.82) is 0 Å². The quantitative estimate of drug-likeness (QED) is 0.844. The summed E-state index contributed by atoms with van der Waals surface area (Å²) in [7, 11) is 0. The van der Waals surface area contributed by atoms with Crippen molar-refractivity contribution in [2.24, 2.45) is 17.8 Å². The third kappa shape index (κ3) is 2.35. The Kier molecular flexibility index (Phi) is 3.02. The van der Waals surface area contributed by atoms with Crippen LogP contribution in [-0.4, -0.2) is 21.7 Å². The minimum absolute atomic E-state index is 0.766. The molecule has 1 aromatic carbocycles.